The van der Waals surface area contributed by atoms with Crippen molar-refractivity contribution in [1.82, 2.24) is 10.2 Å². The van der Waals surface area contributed by atoms with Gasteiger partial charge in [0.05, 0.1) is 0 Å². The molecule has 0 saturated carbocycles. The van der Waals surface area contributed by atoms with Gasteiger partial charge in [-0.05, 0) is 19.1 Å². The van der Waals surface area contributed by atoms with Crippen LogP contribution in [0.1, 0.15) is 15.9 Å². The van der Waals surface area contributed by atoms with Gasteiger partial charge < -0.3 is 21.1 Å². The molecule has 1 atom stereocenters. The van der Waals surface area contributed by atoms with Crippen molar-refractivity contribution in [2.45, 2.75) is 13.0 Å². The number of phenols is 1. The monoisotopic (exact) mass is 263 g/mol. The van der Waals surface area contributed by atoms with E-state index in [1.54, 1.807) is 19.1 Å². The molecule has 0 radical (unpaired) electrons. The fourth-order valence-corrected chi connectivity index (χ4v) is 2.21. The summed E-state index contributed by atoms with van der Waals surface area (Å²) in [6.45, 7) is 3.07. The van der Waals surface area contributed by atoms with Crippen molar-refractivity contribution in [3.63, 3.8) is 0 Å². The summed E-state index contributed by atoms with van der Waals surface area (Å²) in [5, 5.41) is 12.7. The van der Waals surface area contributed by atoms with Gasteiger partial charge in [0.15, 0.2) is 0 Å². The maximum Gasteiger partial charge on any atom is 0.255 e. The van der Waals surface area contributed by atoms with E-state index >= 15 is 0 Å². The molecule has 0 aromatic heterocycles. The molecule has 0 spiro atoms. The number of hydrogen-bond donors (Lipinski definition) is 3. The summed E-state index contributed by atoms with van der Waals surface area (Å²) in [4.78, 5) is 25.3. The molecule has 1 heterocycles. The minimum absolute atomic E-state index is 0.0663. The molecule has 2 amide bonds. The first kappa shape index (κ1) is 13.4. The number of piperazine rings is 1. The summed E-state index contributed by atoms with van der Waals surface area (Å²) < 4.78 is 0. The number of carbonyl (C=O) groups is 2. The van der Waals surface area contributed by atoms with Crippen LogP contribution in [0.3, 0.4) is 0 Å². The van der Waals surface area contributed by atoms with E-state index in [0.717, 1.165) is 0 Å². The number of amides is 2. The first-order valence-electron chi connectivity index (χ1n) is 6.12. The number of hydrogen-bond acceptors (Lipinski definition) is 4. The highest BCUT2D eigenvalue weighted by Crippen LogP contribution is 2.22. The van der Waals surface area contributed by atoms with E-state index < -0.39 is 11.9 Å². The largest absolute Gasteiger partial charge is 0.508 e. The van der Waals surface area contributed by atoms with Gasteiger partial charge >= 0.3 is 0 Å². The van der Waals surface area contributed by atoms with Crippen LogP contribution in [0.5, 0.6) is 5.75 Å². The third kappa shape index (κ3) is 2.53. The van der Waals surface area contributed by atoms with Crippen LogP contribution in [0, 0.1) is 6.92 Å². The molecule has 0 aliphatic carbocycles. The van der Waals surface area contributed by atoms with Crippen LogP contribution < -0.4 is 11.1 Å². The van der Waals surface area contributed by atoms with Gasteiger partial charge in [-0.3, -0.25) is 9.59 Å². The Balaban J connectivity index is 2.31. The predicted molar refractivity (Wildman–Crippen MR) is 69.7 cm³/mol. The molecule has 102 valence electrons. The van der Waals surface area contributed by atoms with Gasteiger partial charge in [-0.2, -0.15) is 0 Å². The number of aromatic hydroxyl groups is 1. The van der Waals surface area contributed by atoms with E-state index in [9.17, 15) is 14.7 Å². The molecule has 19 heavy (non-hydrogen) atoms. The number of carbonyl (C=O) groups excluding carboxylic acids is 2. The topological polar surface area (TPSA) is 95.7 Å². The maximum atomic E-state index is 12.5. The predicted octanol–water partition coefficient (Wildman–Crippen LogP) is -0.400. The number of nitrogens with one attached hydrogen (secondary N) is 1. The van der Waals surface area contributed by atoms with E-state index in [2.05, 4.69) is 5.32 Å². The summed E-state index contributed by atoms with van der Waals surface area (Å²) in [7, 11) is 0. The lowest BCUT2D eigenvalue weighted by molar-refractivity contribution is -0.122. The Morgan fingerprint density at radius 1 is 1.47 bits per heavy atom. The minimum atomic E-state index is -0.650. The van der Waals surface area contributed by atoms with E-state index in [1.165, 1.54) is 11.0 Å². The van der Waals surface area contributed by atoms with E-state index in [0.29, 0.717) is 30.8 Å². The van der Waals surface area contributed by atoms with Crippen molar-refractivity contribution >= 4 is 11.8 Å². The lowest BCUT2D eigenvalue weighted by Gasteiger charge is -2.34. The summed E-state index contributed by atoms with van der Waals surface area (Å²) in [6, 6.07) is 4.12. The Labute approximate surface area is 111 Å². The molecule has 1 aliphatic heterocycles. The zero-order valence-corrected chi connectivity index (χ0v) is 10.7. The van der Waals surface area contributed by atoms with Gasteiger partial charge in [-0.25, -0.2) is 0 Å². The fourth-order valence-electron chi connectivity index (χ4n) is 2.21. The molecular formula is C13H17N3O3. The Morgan fingerprint density at radius 3 is 2.89 bits per heavy atom. The molecular weight excluding hydrogens is 246 g/mol. The van der Waals surface area contributed by atoms with Crippen molar-refractivity contribution in [2.24, 2.45) is 5.73 Å². The van der Waals surface area contributed by atoms with Crippen LogP contribution in [0.4, 0.5) is 0 Å². The van der Waals surface area contributed by atoms with Crippen LogP contribution in [0.2, 0.25) is 0 Å². The van der Waals surface area contributed by atoms with Gasteiger partial charge in [-0.15, -0.1) is 0 Å². The van der Waals surface area contributed by atoms with Crippen molar-refractivity contribution in [2.75, 3.05) is 19.6 Å². The molecule has 1 aromatic rings. The first-order chi connectivity index (χ1) is 9.02. The van der Waals surface area contributed by atoms with Crippen LogP contribution in [-0.4, -0.2) is 47.5 Å². The van der Waals surface area contributed by atoms with Crippen LogP contribution in [0.25, 0.3) is 0 Å². The van der Waals surface area contributed by atoms with Crippen LogP contribution in [0.15, 0.2) is 18.2 Å². The third-order valence-electron chi connectivity index (χ3n) is 3.37. The van der Waals surface area contributed by atoms with Gasteiger partial charge in [0, 0.05) is 30.8 Å². The second-order valence-electron chi connectivity index (χ2n) is 4.57. The van der Waals surface area contributed by atoms with Gasteiger partial charge in [-0.1, -0.05) is 6.07 Å². The lowest BCUT2D eigenvalue weighted by Crippen LogP contribution is -2.58. The van der Waals surface area contributed by atoms with E-state index in [4.69, 9.17) is 5.73 Å². The molecule has 1 saturated heterocycles. The Bertz CT molecular complexity index is 516. The smallest absolute Gasteiger partial charge is 0.255 e. The zero-order chi connectivity index (χ0) is 14.0. The van der Waals surface area contributed by atoms with Crippen LogP contribution >= 0.6 is 0 Å². The summed E-state index contributed by atoms with van der Waals surface area (Å²) in [5.41, 5.74) is 6.22. The Kier molecular flexibility index (Phi) is 3.71. The number of nitrogens with zero attached hydrogens (tertiary/aromatic N) is 1. The molecule has 4 N–H and O–H groups in total. The second kappa shape index (κ2) is 5.27. The molecule has 0 bridgehead atoms. The first-order valence-corrected chi connectivity index (χ1v) is 6.12. The number of rotatable bonds is 2. The second-order valence-corrected chi connectivity index (χ2v) is 4.57. The maximum absolute atomic E-state index is 12.5. The molecule has 6 nitrogen and oxygen atoms in total. The van der Waals surface area contributed by atoms with Crippen molar-refractivity contribution in [3.05, 3.63) is 29.3 Å². The van der Waals surface area contributed by atoms with Gasteiger partial charge in [0.2, 0.25) is 5.91 Å². The summed E-state index contributed by atoms with van der Waals surface area (Å²) >= 11 is 0. The fraction of sp³-hybridized carbons (Fsp3) is 0.385. The average molecular weight is 263 g/mol. The van der Waals surface area contributed by atoms with Crippen LogP contribution in [-0.2, 0) is 4.79 Å². The van der Waals surface area contributed by atoms with Crippen molar-refractivity contribution in [3.8, 4) is 5.75 Å². The van der Waals surface area contributed by atoms with Gasteiger partial charge in [0.25, 0.3) is 5.91 Å². The Hall–Kier alpha value is -2.08. The highest BCUT2D eigenvalue weighted by Gasteiger charge is 2.31. The molecule has 1 fully saturated rings. The number of benzene rings is 1. The molecule has 1 aliphatic rings. The number of primary amides is 1. The van der Waals surface area contributed by atoms with Crippen molar-refractivity contribution < 1.29 is 14.7 Å². The van der Waals surface area contributed by atoms with E-state index in [-0.39, 0.29) is 11.7 Å². The average Bonchev–Trinajstić information content (AvgIpc) is 2.41. The highest BCUT2D eigenvalue weighted by molar-refractivity contribution is 5.99. The lowest BCUT2D eigenvalue weighted by atomic mass is 10.0. The molecule has 1 aromatic carbocycles. The Morgan fingerprint density at radius 2 is 2.21 bits per heavy atom. The standard InChI is InChI=1S/C13H17N3O3/c1-8-9(3-2-4-11(8)17)13(19)16-6-5-15-7-10(16)12(14)18/h2-4,10,15,17H,5-7H2,1H3,(H2,14,18). The SMILES string of the molecule is Cc1c(O)cccc1C(=O)N1CCNCC1C(N)=O. The molecule has 6 heteroatoms. The zero-order valence-electron chi connectivity index (χ0n) is 10.7. The minimum Gasteiger partial charge on any atom is -0.508 e. The highest BCUT2D eigenvalue weighted by atomic mass is 16.3. The van der Waals surface area contributed by atoms with Crippen molar-refractivity contribution in [1.29, 1.82) is 0 Å². The summed E-state index contributed by atoms with van der Waals surface area (Å²) in [6.07, 6.45) is 0. The quantitative estimate of drug-likeness (QED) is 0.676. The van der Waals surface area contributed by atoms with E-state index in [1.807, 2.05) is 0 Å². The number of phenolic OH excluding ortho intramolecular Hbond substituents is 1. The third-order valence-corrected chi connectivity index (χ3v) is 3.37. The summed E-state index contributed by atoms with van der Waals surface area (Å²) in [5.74, 6) is -0.742. The molecule has 1 unspecified atom stereocenters. The number of nitrogens with two attached hydrogens (primary N) is 1. The van der Waals surface area contributed by atoms with Gasteiger partial charge in [0.1, 0.15) is 11.8 Å². The molecule has 2 rings (SSSR count). The normalized spacial score (nSPS) is 19.2.